The van der Waals surface area contributed by atoms with Gasteiger partial charge in [0.1, 0.15) is 5.69 Å². The predicted octanol–water partition coefficient (Wildman–Crippen LogP) is 4.83. The number of anilines is 1. The van der Waals surface area contributed by atoms with Gasteiger partial charge in [0.2, 0.25) is 5.95 Å². The van der Waals surface area contributed by atoms with E-state index in [9.17, 15) is 5.21 Å². The number of halogens is 1. The molecule has 6 rings (SSSR count). The van der Waals surface area contributed by atoms with Crippen LogP contribution in [0, 0.1) is 11.8 Å². The standard InChI is InChI=1S/C27H34ClN7O2/c1-16-5-7-17(8-6-16)15-35-25-20(32-27(35)34-9-10-37-23-4-2-3-22(23)34)12-21(26(29)33-36)31-24(25)18-11-19(28)14-30-13-18/h11-14,16-17,22-23,36H,2-10,15H2,1H3,(H2,29,33)/t16?,17?,22-,23-/m1/s1. The minimum atomic E-state index is -0.0577. The van der Waals surface area contributed by atoms with Crippen LogP contribution in [-0.4, -0.2) is 55.9 Å². The minimum absolute atomic E-state index is 0.0577. The molecular formula is C27H34ClN7O2. The summed E-state index contributed by atoms with van der Waals surface area (Å²) >= 11 is 6.35. The highest BCUT2D eigenvalue weighted by molar-refractivity contribution is 6.30. The third kappa shape index (κ3) is 4.63. The van der Waals surface area contributed by atoms with Gasteiger partial charge in [0.05, 0.1) is 40.5 Å². The lowest BCUT2D eigenvalue weighted by molar-refractivity contribution is 0.0247. The Hall–Kier alpha value is -2.91. The van der Waals surface area contributed by atoms with Crippen LogP contribution in [0.5, 0.6) is 0 Å². The molecule has 4 heterocycles. The number of aromatic nitrogens is 4. The van der Waals surface area contributed by atoms with E-state index in [1.54, 1.807) is 12.4 Å². The van der Waals surface area contributed by atoms with E-state index in [-0.39, 0.29) is 11.9 Å². The van der Waals surface area contributed by atoms with Crippen molar-refractivity contribution >= 4 is 34.4 Å². The Kier molecular flexibility index (Phi) is 6.67. The van der Waals surface area contributed by atoms with Crippen molar-refractivity contribution in [3.63, 3.8) is 0 Å². The third-order valence-corrected chi connectivity index (χ3v) is 8.57. The van der Waals surface area contributed by atoms with Crippen molar-refractivity contribution in [3.8, 4) is 11.3 Å². The SMILES string of the molecule is CC1CCC(Cn2c(N3CCO[C@@H]4CCC[C@H]43)nc3cc(C(N)=NO)nc(-c4cncc(Cl)c4)c32)CC1. The van der Waals surface area contributed by atoms with E-state index in [4.69, 9.17) is 32.0 Å². The summed E-state index contributed by atoms with van der Waals surface area (Å²) in [4.78, 5) is 16.8. The maximum Gasteiger partial charge on any atom is 0.207 e. The molecular weight excluding hydrogens is 490 g/mol. The number of hydrogen-bond acceptors (Lipinski definition) is 7. The van der Waals surface area contributed by atoms with Gasteiger partial charge in [-0.05, 0) is 56.1 Å². The molecule has 0 spiro atoms. The van der Waals surface area contributed by atoms with Gasteiger partial charge in [0.15, 0.2) is 5.84 Å². The molecule has 2 atom stereocenters. The van der Waals surface area contributed by atoms with Gasteiger partial charge in [-0.15, -0.1) is 0 Å². The smallest absolute Gasteiger partial charge is 0.207 e. The number of oxime groups is 1. The van der Waals surface area contributed by atoms with Gasteiger partial charge in [0, 0.05) is 31.0 Å². The fraction of sp³-hybridized carbons (Fsp3) is 0.556. The number of fused-ring (bicyclic) bond motifs is 2. The molecule has 3 aliphatic rings. The molecule has 3 aromatic heterocycles. The van der Waals surface area contributed by atoms with E-state index >= 15 is 0 Å². The number of morpholine rings is 1. The lowest BCUT2D eigenvalue weighted by Crippen LogP contribution is -2.49. The second-order valence-corrected chi connectivity index (χ2v) is 11.3. The molecule has 2 aliphatic carbocycles. The van der Waals surface area contributed by atoms with Crippen molar-refractivity contribution in [2.24, 2.45) is 22.7 Å². The average molecular weight is 524 g/mol. The van der Waals surface area contributed by atoms with Crippen LogP contribution in [0.3, 0.4) is 0 Å². The third-order valence-electron chi connectivity index (χ3n) is 8.37. The molecule has 0 bridgehead atoms. The van der Waals surface area contributed by atoms with Gasteiger partial charge >= 0.3 is 0 Å². The Bertz CT molecular complexity index is 1320. The number of pyridine rings is 2. The first-order valence-electron chi connectivity index (χ1n) is 13.4. The van der Waals surface area contributed by atoms with Crippen LogP contribution in [0.15, 0.2) is 29.7 Å². The summed E-state index contributed by atoms with van der Waals surface area (Å²) < 4.78 is 8.50. The highest BCUT2D eigenvalue weighted by atomic mass is 35.5. The zero-order valence-corrected chi connectivity index (χ0v) is 21.9. The highest BCUT2D eigenvalue weighted by Crippen LogP contribution is 2.39. The van der Waals surface area contributed by atoms with Crippen LogP contribution in [0.4, 0.5) is 5.95 Å². The summed E-state index contributed by atoms with van der Waals surface area (Å²) in [5.41, 5.74) is 9.56. The maximum absolute atomic E-state index is 9.41. The van der Waals surface area contributed by atoms with Crippen LogP contribution >= 0.6 is 11.6 Å². The van der Waals surface area contributed by atoms with Gasteiger partial charge < -0.3 is 25.1 Å². The zero-order valence-electron chi connectivity index (χ0n) is 21.2. The molecule has 0 aromatic carbocycles. The Labute approximate surface area is 221 Å². The summed E-state index contributed by atoms with van der Waals surface area (Å²) in [7, 11) is 0. The fourth-order valence-electron chi connectivity index (χ4n) is 6.41. The Balaban J connectivity index is 1.56. The van der Waals surface area contributed by atoms with E-state index in [2.05, 4.69) is 26.5 Å². The minimum Gasteiger partial charge on any atom is -0.409 e. The number of hydrogen-bond donors (Lipinski definition) is 2. The topological polar surface area (TPSA) is 115 Å². The van der Waals surface area contributed by atoms with E-state index in [1.165, 1.54) is 32.1 Å². The number of nitrogens with zero attached hydrogens (tertiary/aromatic N) is 6. The number of nitrogens with two attached hydrogens (primary N) is 1. The highest BCUT2D eigenvalue weighted by Gasteiger charge is 2.39. The molecule has 3 fully saturated rings. The summed E-state index contributed by atoms with van der Waals surface area (Å²) in [5.74, 6) is 2.26. The van der Waals surface area contributed by atoms with Crippen molar-refractivity contribution in [3.05, 3.63) is 35.2 Å². The van der Waals surface area contributed by atoms with Crippen LogP contribution in [-0.2, 0) is 11.3 Å². The Morgan fingerprint density at radius 1 is 1.16 bits per heavy atom. The molecule has 3 N–H and O–H groups in total. The zero-order chi connectivity index (χ0) is 25.5. The van der Waals surface area contributed by atoms with Crippen LogP contribution in [0.1, 0.15) is 57.6 Å². The molecule has 196 valence electrons. The van der Waals surface area contributed by atoms with Gasteiger partial charge in [-0.1, -0.05) is 36.5 Å². The fourth-order valence-corrected chi connectivity index (χ4v) is 6.58. The van der Waals surface area contributed by atoms with Gasteiger partial charge in [-0.25, -0.2) is 9.97 Å². The van der Waals surface area contributed by atoms with Crippen molar-refractivity contribution in [2.75, 3.05) is 18.1 Å². The van der Waals surface area contributed by atoms with E-state index in [0.29, 0.717) is 35.0 Å². The first-order valence-corrected chi connectivity index (χ1v) is 13.8. The summed E-state index contributed by atoms with van der Waals surface area (Å²) in [6.45, 7) is 4.73. The second kappa shape index (κ2) is 10.1. The van der Waals surface area contributed by atoms with Crippen LogP contribution in [0.2, 0.25) is 5.02 Å². The predicted molar refractivity (Wildman–Crippen MR) is 144 cm³/mol. The Morgan fingerprint density at radius 3 is 2.78 bits per heavy atom. The molecule has 9 nitrogen and oxygen atoms in total. The van der Waals surface area contributed by atoms with Gasteiger partial charge in [-0.3, -0.25) is 4.98 Å². The molecule has 2 saturated carbocycles. The lowest BCUT2D eigenvalue weighted by atomic mass is 9.83. The van der Waals surface area contributed by atoms with Crippen molar-refractivity contribution < 1.29 is 9.94 Å². The first kappa shape index (κ1) is 24.4. The molecule has 0 unspecified atom stereocenters. The summed E-state index contributed by atoms with van der Waals surface area (Å²) in [5, 5.41) is 13.1. The van der Waals surface area contributed by atoms with Crippen molar-refractivity contribution in [1.82, 2.24) is 19.5 Å². The summed E-state index contributed by atoms with van der Waals surface area (Å²) in [6, 6.07) is 4.00. The molecule has 1 saturated heterocycles. The molecule has 10 heteroatoms. The van der Waals surface area contributed by atoms with Crippen molar-refractivity contribution in [2.45, 2.75) is 70.6 Å². The second-order valence-electron chi connectivity index (χ2n) is 10.9. The van der Waals surface area contributed by atoms with Crippen LogP contribution < -0.4 is 10.6 Å². The van der Waals surface area contributed by atoms with E-state index in [0.717, 1.165) is 54.4 Å². The van der Waals surface area contributed by atoms with Gasteiger partial charge in [-0.2, -0.15) is 0 Å². The van der Waals surface area contributed by atoms with Gasteiger partial charge in [0.25, 0.3) is 0 Å². The molecule has 1 aliphatic heterocycles. The largest absolute Gasteiger partial charge is 0.409 e. The molecule has 0 amide bonds. The lowest BCUT2D eigenvalue weighted by Gasteiger charge is -2.39. The average Bonchev–Trinajstić information content (AvgIpc) is 3.54. The Morgan fingerprint density at radius 2 is 2.00 bits per heavy atom. The van der Waals surface area contributed by atoms with E-state index in [1.807, 2.05) is 12.1 Å². The quantitative estimate of drug-likeness (QED) is 0.213. The molecule has 0 radical (unpaired) electrons. The first-order chi connectivity index (χ1) is 18.0. The number of ether oxygens (including phenoxy) is 1. The van der Waals surface area contributed by atoms with Crippen molar-refractivity contribution in [1.29, 1.82) is 0 Å². The maximum atomic E-state index is 9.41. The number of imidazole rings is 1. The number of amidine groups is 1. The monoisotopic (exact) mass is 523 g/mol. The normalized spacial score (nSPS) is 26.5. The van der Waals surface area contributed by atoms with Crippen LogP contribution in [0.25, 0.3) is 22.3 Å². The molecule has 37 heavy (non-hydrogen) atoms. The number of rotatable bonds is 5. The molecule has 3 aromatic rings. The van der Waals surface area contributed by atoms with E-state index < -0.39 is 0 Å². The summed E-state index contributed by atoms with van der Waals surface area (Å²) in [6.07, 6.45) is 11.9.